The topological polar surface area (TPSA) is 54.0 Å². The predicted molar refractivity (Wildman–Crippen MR) is 107 cm³/mol. The third-order valence-corrected chi connectivity index (χ3v) is 4.52. The van der Waals surface area contributed by atoms with Gasteiger partial charge in [0.15, 0.2) is 0 Å². The molecular formula is C21H26FN3O3. The van der Waals surface area contributed by atoms with Crippen LogP contribution in [0.15, 0.2) is 48.5 Å². The molecule has 3 rings (SSSR count). The molecule has 1 fully saturated rings. The zero-order chi connectivity index (χ0) is 19.8. The van der Waals surface area contributed by atoms with Crippen LogP contribution in [0.1, 0.15) is 6.92 Å². The van der Waals surface area contributed by atoms with Crippen LogP contribution in [-0.4, -0.2) is 56.9 Å². The van der Waals surface area contributed by atoms with Crippen molar-refractivity contribution >= 4 is 11.7 Å². The average Bonchev–Trinajstić information content (AvgIpc) is 2.72. The smallest absolute Gasteiger partial charge is 0.317 e. The Morgan fingerprint density at radius 2 is 1.75 bits per heavy atom. The zero-order valence-electron chi connectivity index (χ0n) is 16.1. The molecule has 1 saturated heterocycles. The van der Waals surface area contributed by atoms with Gasteiger partial charge in [-0.25, -0.2) is 9.18 Å². The molecule has 0 saturated carbocycles. The van der Waals surface area contributed by atoms with E-state index in [-0.39, 0.29) is 11.8 Å². The highest BCUT2D eigenvalue weighted by Crippen LogP contribution is 2.20. The van der Waals surface area contributed by atoms with E-state index in [1.807, 2.05) is 42.2 Å². The molecule has 1 aliphatic rings. The Bertz CT molecular complexity index is 779. The fourth-order valence-electron chi connectivity index (χ4n) is 3.12. The summed E-state index contributed by atoms with van der Waals surface area (Å²) in [5, 5.41) is 2.87. The lowest BCUT2D eigenvalue weighted by molar-refractivity contribution is 0.191. The Balaban J connectivity index is 1.38. The first-order valence-electron chi connectivity index (χ1n) is 9.55. The molecule has 7 heteroatoms. The summed E-state index contributed by atoms with van der Waals surface area (Å²) in [6.07, 6.45) is 0. The second-order valence-electron chi connectivity index (χ2n) is 6.41. The lowest BCUT2D eigenvalue weighted by atomic mass is 10.2. The number of hydrogen-bond donors (Lipinski definition) is 1. The highest BCUT2D eigenvalue weighted by molar-refractivity contribution is 5.74. The van der Waals surface area contributed by atoms with E-state index in [1.165, 1.54) is 6.07 Å². The van der Waals surface area contributed by atoms with Gasteiger partial charge in [-0.3, -0.25) is 0 Å². The van der Waals surface area contributed by atoms with E-state index >= 15 is 0 Å². The van der Waals surface area contributed by atoms with Crippen LogP contribution in [0.3, 0.4) is 0 Å². The van der Waals surface area contributed by atoms with Crippen LogP contribution < -0.4 is 19.7 Å². The number of benzene rings is 2. The van der Waals surface area contributed by atoms with Crippen molar-refractivity contribution in [3.05, 3.63) is 54.3 Å². The molecule has 0 unspecified atom stereocenters. The average molecular weight is 387 g/mol. The number of para-hydroxylation sites is 1. The Kier molecular flexibility index (Phi) is 6.94. The molecule has 150 valence electrons. The van der Waals surface area contributed by atoms with E-state index in [2.05, 4.69) is 5.32 Å². The maximum absolute atomic E-state index is 13.9. The quantitative estimate of drug-likeness (QED) is 0.742. The van der Waals surface area contributed by atoms with Gasteiger partial charge in [0.1, 0.15) is 23.9 Å². The van der Waals surface area contributed by atoms with Crippen molar-refractivity contribution in [3.63, 3.8) is 0 Å². The molecule has 2 amide bonds. The number of nitrogens with one attached hydrogen (secondary N) is 1. The second kappa shape index (κ2) is 9.82. The van der Waals surface area contributed by atoms with E-state index in [0.29, 0.717) is 57.4 Å². The monoisotopic (exact) mass is 387 g/mol. The molecule has 28 heavy (non-hydrogen) atoms. The van der Waals surface area contributed by atoms with Gasteiger partial charge in [0.25, 0.3) is 0 Å². The summed E-state index contributed by atoms with van der Waals surface area (Å²) >= 11 is 0. The Morgan fingerprint density at radius 3 is 2.46 bits per heavy atom. The summed E-state index contributed by atoms with van der Waals surface area (Å²) < 4.78 is 25.0. The third kappa shape index (κ3) is 5.28. The van der Waals surface area contributed by atoms with Crippen LogP contribution in [-0.2, 0) is 0 Å². The number of piperazine rings is 1. The first-order chi connectivity index (χ1) is 13.7. The number of ether oxygens (including phenoxy) is 2. The first-order valence-corrected chi connectivity index (χ1v) is 9.55. The molecule has 0 aliphatic carbocycles. The summed E-state index contributed by atoms with van der Waals surface area (Å²) in [4.78, 5) is 16.0. The zero-order valence-corrected chi connectivity index (χ0v) is 16.1. The highest BCUT2D eigenvalue weighted by Gasteiger charge is 2.22. The van der Waals surface area contributed by atoms with Gasteiger partial charge < -0.3 is 24.6 Å². The van der Waals surface area contributed by atoms with Crippen molar-refractivity contribution in [3.8, 4) is 11.5 Å². The molecule has 0 bridgehead atoms. The number of carbonyl (C=O) groups excluding carboxylic acids is 1. The van der Waals surface area contributed by atoms with Crippen molar-refractivity contribution in [1.29, 1.82) is 0 Å². The minimum atomic E-state index is -0.231. The van der Waals surface area contributed by atoms with E-state index in [9.17, 15) is 9.18 Å². The molecule has 0 atom stereocenters. The molecule has 0 aromatic heterocycles. The third-order valence-electron chi connectivity index (χ3n) is 4.52. The summed E-state index contributed by atoms with van der Waals surface area (Å²) in [6.45, 7) is 5.63. The van der Waals surface area contributed by atoms with E-state index in [1.54, 1.807) is 17.0 Å². The molecule has 0 spiro atoms. The van der Waals surface area contributed by atoms with Crippen molar-refractivity contribution in [2.45, 2.75) is 6.92 Å². The standard InChI is InChI=1S/C21H26FN3O3/c1-2-27-17-6-5-7-18(16-17)28-15-10-23-21(26)25-13-11-24(12-14-25)20-9-4-3-8-19(20)22/h3-9,16H,2,10-15H2,1H3,(H,23,26). The molecule has 2 aromatic carbocycles. The number of urea groups is 1. The van der Waals surface area contributed by atoms with Crippen LogP contribution in [0.5, 0.6) is 11.5 Å². The maximum atomic E-state index is 13.9. The molecule has 1 aliphatic heterocycles. The molecule has 1 heterocycles. The van der Waals surface area contributed by atoms with Crippen LogP contribution in [0.25, 0.3) is 0 Å². The van der Waals surface area contributed by atoms with Crippen LogP contribution in [0.4, 0.5) is 14.9 Å². The number of amides is 2. The molecule has 0 radical (unpaired) electrons. The number of hydrogen-bond acceptors (Lipinski definition) is 4. The van der Waals surface area contributed by atoms with Gasteiger partial charge in [-0.15, -0.1) is 0 Å². The van der Waals surface area contributed by atoms with E-state index < -0.39 is 0 Å². The van der Waals surface area contributed by atoms with Crippen molar-refractivity contribution < 1.29 is 18.7 Å². The molecule has 1 N–H and O–H groups in total. The lowest BCUT2D eigenvalue weighted by Gasteiger charge is -2.36. The number of anilines is 1. The van der Waals surface area contributed by atoms with Gasteiger partial charge in [0.05, 0.1) is 18.8 Å². The summed E-state index contributed by atoms with van der Waals surface area (Å²) in [6, 6.07) is 14.0. The fraction of sp³-hybridized carbons (Fsp3) is 0.381. The van der Waals surface area contributed by atoms with Gasteiger partial charge >= 0.3 is 6.03 Å². The highest BCUT2D eigenvalue weighted by atomic mass is 19.1. The molecule has 6 nitrogen and oxygen atoms in total. The number of carbonyl (C=O) groups is 1. The lowest BCUT2D eigenvalue weighted by Crippen LogP contribution is -2.52. The number of rotatable bonds is 7. The summed E-state index contributed by atoms with van der Waals surface area (Å²) in [5.74, 6) is 1.24. The Labute approximate surface area is 164 Å². The normalized spacial score (nSPS) is 13.9. The number of halogens is 1. The maximum Gasteiger partial charge on any atom is 0.317 e. The Morgan fingerprint density at radius 1 is 1.04 bits per heavy atom. The van der Waals surface area contributed by atoms with Crippen LogP contribution in [0.2, 0.25) is 0 Å². The van der Waals surface area contributed by atoms with E-state index in [0.717, 1.165) is 5.75 Å². The van der Waals surface area contributed by atoms with Gasteiger partial charge in [0, 0.05) is 32.2 Å². The SMILES string of the molecule is CCOc1cccc(OCCNC(=O)N2CCN(c3ccccc3F)CC2)c1. The van der Waals surface area contributed by atoms with Crippen molar-refractivity contribution in [2.24, 2.45) is 0 Å². The minimum absolute atomic E-state index is 0.125. The Hall–Kier alpha value is -2.96. The summed E-state index contributed by atoms with van der Waals surface area (Å²) in [5.41, 5.74) is 0.588. The first kappa shape index (κ1) is 19.8. The second-order valence-corrected chi connectivity index (χ2v) is 6.41. The van der Waals surface area contributed by atoms with Gasteiger partial charge in [-0.2, -0.15) is 0 Å². The van der Waals surface area contributed by atoms with Gasteiger partial charge in [-0.05, 0) is 31.2 Å². The fourth-order valence-corrected chi connectivity index (χ4v) is 3.12. The van der Waals surface area contributed by atoms with Crippen molar-refractivity contribution in [1.82, 2.24) is 10.2 Å². The van der Waals surface area contributed by atoms with Crippen LogP contribution >= 0.6 is 0 Å². The van der Waals surface area contributed by atoms with Gasteiger partial charge in [0.2, 0.25) is 0 Å². The largest absolute Gasteiger partial charge is 0.494 e. The van der Waals surface area contributed by atoms with Gasteiger partial charge in [-0.1, -0.05) is 18.2 Å². The van der Waals surface area contributed by atoms with E-state index in [4.69, 9.17) is 9.47 Å². The van der Waals surface area contributed by atoms with Crippen LogP contribution in [0, 0.1) is 5.82 Å². The van der Waals surface area contributed by atoms with Crippen molar-refractivity contribution in [2.75, 3.05) is 50.8 Å². The number of nitrogens with zero attached hydrogens (tertiary/aromatic N) is 2. The molecular weight excluding hydrogens is 361 g/mol. The summed E-state index contributed by atoms with van der Waals surface area (Å²) in [7, 11) is 0. The molecule has 2 aromatic rings. The minimum Gasteiger partial charge on any atom is -0.494 e. The predicted octanol–water partition coefficient (Wildman–Crippen LogP) is 3.14.